The molecule has 7 nitrogen and oxygen atoms in total. The third-order valence-corrected chi connectivity index (χ3v) is 4.41. The Morgan fingerprint density at radius 2 is 2.20 bits per heavy atom. The van der Waals surface area contributed by atoms with Gasteiger partial charge in [-0.15, -0.1) is 11.3 Å². The molecule has 2 fully saturated rings. The van der Waals surface area contributed by atoms with Crippen LogP contribution < -0.4 is 5.90 Å². The van der Waals surface area contributed by atoms with Crippen LogP contribution in [0.4, 0.5) is 0 Å². The fraction of sp³-hybridized carbons (Fsp3) is 0.667. The van der Waals surface area contributed by atoms with E-state index in [4.69, 9.17) is 20.1 Å². The molecule has 0 spiro atoms. The number of aliphatic hydroxyl groups excluding tert-OH is 2. The van der Waals surface area contributed by atoms with Gasteiger partial charge >= 0.3 is 0 Å². The number of aliphatic hydroxyl groups is 2. The van der Waals surface area contributed by atoms with Crippen LogP contribution in [-0.2, 0) is 19.0 Å². The van der Waals surface area contributed by atoms with E-state index >= 15 is 0 Å². The summed E-state index contributed by atoms with van der Waals surface area (Å²) in [4.78, 5) is 5.40. The second-order valence-corrected chi connectivity index (χ2v) is 5.79. The molecular formula is C12H17NO6S. The first-order chi connectivity index (χ1) is 9.70. The summed E-state index contributed by atoms with van der Waals surface area (Å²) in [6.45, 7) is 0.272. The third kappa shape index (κ3) is 2.61. The lowest BCUT2D eigenvalue weighted by molar-refractivity contribution is -0.330. The van der Waals surface area contributed by atoms with Gasteiger partial charge in [-0.3, -0.25) is 0 Å². The molecule has 2 aliphatic heterocycles. The Bertz CT molecular complexity index is 428. The van der Waals surface area contributed by atoms with Gasteiger partial charge < -0.3 is 29.3 Å². The summed E-state index contributed by atoms with van der Waals surface area (Å²) in [6.07, 6.45) is -4.50. The van der Waals surface area contributed by atoms with Crippen molar-refractivity contribution in [1.82, 2.24) is 0 Å². The van der Waals surface area contributed by atoms with Crippen molar-refractivity contribution < 1.29 is 29.3 Å². The highest BCUT2D eigenvalue weighted by atomic mass is 32.1. The third-order valence-electron chi connectivity index (χ3n) is 3.51. The van der Waals surface area contributed by atoms with Crippen LogP contribution in [0.3, 0.4) is 0 Å². The maximum atomic E-state index is 10.2. The summed E-state index contributed by atoms with van der Waals surface area (Å²) >= 11 is 1.51. The molecular weight excluding hydrogens is 286 g/mol. The molecule has 3 rings (SSSR count). The predicted octanol–water partition coefficient (Wildman–Crippen LogP) is -0.458. The topological polar surface area (TPSA) is 103 Å². The number of fused-ring (bicyclic) bond motifs is 1. The quantitative estimate of drug-likeness (QED) is 0.649. The average Bonchev–Trinajstić information content (AvgIpc) is 2.99. The normalized spacial score (nSPS) is 41.4. The summed E-state index contributed by atoms with van der Waals surface area (Å²) in [7, 11) is 0. The van der Waals surface area contributed by atoms with E-state index in [1.807, 2.05) is 17.5 Å². The minimum atomic E-state index is -1.11. The molecule has 0 amide bonds. The minimum Gasteiger partial charge on any atom is -0.387 e. The van der Waals surface area contributed by atoms with Crippen LogP contribution in [0.1, 0.15) is 11.2 Å². The van der Waals surface area contributed by atoms with E-state index in [1.165, 1.54) is 11.3 Å². The molecule has 0 bridgehead atoms. The van der Waals surface area contributed by atoms with Gasteiger partial charge in [0.15, 0.2) is 6.29 Å². The van der Waals surface area contributed by atoms with Crippen molar-refractivity contribution >= 4 is 11.3 Å². The van der Waals surface area contributed by atoms with Crippen LogP contribution in [0, 0.1) is 0 Å². The Kier molecular flexibility index (Phi) is 4.34. The second-order valence-electron chi connectivity index (χ2n) is 4.81. The fourth-order valence-corrected chi connectivity index (χ4v) is 3.20. The monoisotopic (exact) mass is 303 g/mol. The average molecular weight is 303 g/mol. The Labute approximate surface area is 119 Å². The Morgan fingerprint density at radius 3 is 2.90 bits per heavy atom. The molecule has 6 atom stereocenters. The molecule has 0 aromatic carbocycles. The van der Waals surface area contributed by atoms with E-state index < -0.39 is 36.8 Å². The van der Waals surface area contributed by atoms with Gasteiger partial charge in [-0.2, -0.15) is 0 Å². The highest BCUT2D eigenvalue weighted by molar-refractivity contribution is 7.10. The van der Waals surface area contributed by atoms with E-state index in [1.54, 1.807) is 0 Å². The summed E-state index contributed by atoms with van der Waals surface area (Å²) < 4.78 is 16.9. The molecule has 112 valence electrons. The Hall–Kier alpha value is -0.580. The lowest BCUT2D eigenvalue weighted by Crippen LogP contribution is -2.62. The standard InChI is InChI=1S/C12H17NO6S/c13-17-5-6-9(14)10(15)11-7(18-6)4-16-12(19-11)8-2-1-3-20-8/h1-3,6-7,9-12,14-15H,4-5,13H2/t6?,7?,9-,10?,11+,12+/m0/s1. The number of hydrogen-bond donors (Lipinski definition) is 3. The zero-order valence-electron chi connectivity index (χ0n) is 10.6. The van der Waals surface area contributed by atoms with Gasteiger partial charge in [0, 0.05) is 0 Å². The minimum absolute atomic E-state index is 0.00417. The molecule has 1 aromatic rings. The van der Waals surface area contributed by atoms with Crippen LogP contribution in [0.15, 0.2) is 17.5 Å². The first-order valence-corrected chi connectivity index (χ1v) is 7.22. The van der Waals surface area contributed by atoms with Crippen molar-refractivity contribution in [3.05, 3.63) is 22.4 Å². The highest BCUT2D eigenvalue weighted by Gasteiger charge is 2.48. The van der Waals surface area contributed by atoms with E-state index in [0.29, 0.717) is 0 Å². The molecule has 8 heteroatoms. The van der Waals surface area contributed by atoms with Crippen molar-refractivity contribution in [2.45, 2.75) is 36.8 Å². The van der Waals surface area contributed by atoms with E-state index in [2.05, 4.69) is 4.84 Å². The maximum absolute atomic E-state index is 10.2. The van der Waals surface area contributed by atoms with Crippen LogP contribution in [0.5, 0.6) is 0 Å². The van der Waals surface area contributed by atoms with Crippen molar-refractivity contribution in [2.75, 3.05) is 13.2 Å². The molecule has 4 N–H and O–H groups in total. The number of rotatable bonds is 3. The van der Waals surface area contributed by atoms with Crippen molar-refractivity contribution in [2.24, 2.45) is 5.90 Å². The SMILES string of the molecule is NOCC1OC2CO[C@@H](c3cccs3)O[C@H]2C(O)[C@H]1O. The zero-order chi connectivity index (χ0) is 14.1. The number of thiophene rings is 1. The number of ether oxygens (including phenoxy) is 3. The molecule has 3 unspecified atom stereocenters. The summed E-state index contributed by atoms with van der Waals surface area (Å²) in [5.74, 6) is 4.99. The molecule has 0 saturated carbocycles. The zero-order valence-corrected chi connectivity index (χ0v) is 11.4. The van der Waals surface area contributed by atoms with Gasteiger partial charge in [-0.25, -0.2) is 5.90 Å². The summed E-state index contributed by atoms with van der Waals surface area (Å²) in [6, 6.07) is 3.79. The van der Waals surface area contributed by atoms with E-state index in [9.17, 15) is 10.2 Å². The van der Waals surface area contributed by atoms with Gasteiger partial charge in [0.2, 0.25) is 0 Å². The van der Waals surface area contributed by atoms with E-state index in [0.717, 1.165) is 4.88 Å². The summed E-state index contributed by atoms with van der Waals surface area (Å²) in [5, 5.41) is 22.1. The van der Waals surface area contributed by atoms with Gasteiger partial charge in [0.1, 0.15) is 30.5 Å². The van der Waals surface area contributed by atoms with Gasteiger partial charge in [-0.05, 0) is 11.4 Å². The second kappa shape index (κ2) is 6.04. The van der Waals surface area contributed by atoms with E-state index in [-0.39, 0.29) is 13.2 Å². The van der Waals surface area contributed by atoms with Crippen molar-refractivity contribution in [3.8, 4) is 0 Å². The van der Waals surface area contributed by atoms with Gasteiger partial charge in [0.05, 0.1) is 18.1 Å². The first-order valence-electron chi connectivity index (χ1n) is 6.34. The lowest BCUT2D eigenvalue weighted by Gasteiger charge is -2.46. The molecule has 20 heavy (non-hydrogen) atoms. The molecule has 2 aliphatic rings. The highest BCUT2D eigenvalue weighted by Crippen LogP contribution is 2.35. The molecule has 1 aromatic heterocycles. The Balaban J connectivity index is 1.70. The lowest BCUT2D eigenvalue weighted by atomic mass is 9.94. The van der Waals surface area contributed by atoms with Crippen molar-refractivity contribution in [1.29, 1.82) is 0 Å². The largest absolute Gasteiger partial charge is 0.387 e. The van der Waals surface area contributed by atoms with Crippen LogP contribution >= 0.6 is 11.3 Å². The maximum Gasteiger partial charge on any atom is 0.193 e. The predicted molar refractivity (Wildman–Crippen MR) is 68.7 cm³/mol. The van der Waals surface area contributed by atoms with Gasteiger partial charge in [-0.1, -0.05) is 6.07 Å². The molecule has 0 radical (unpaired) electrons. The van der Waals surface area contributed by atoms with Gasteiger partial charge in [0.25, 0.3) is 0 Å². The Morgan fingerprint density at radius 1 is 1.35 bits per heavy atom. The summed E-state index contributed by atoms with van der Waals surface area (Å²) in [5.41, 5.74) is 0. The number of nitrogens with two attached hydrogens (primary N) is 1. The molecule has 0 aliphatic carbocycles. The van der Waals surface area contributed by atoms with Crippen LogP contribution in [0.25, 0.3) is 0 Å². The fourth-order valence-electron chi connectivity index (χ4n) is 2.49. The van der Waals surface area contributed by atoms with Crippen molar-refractivity contribution in [3.63, 3.8) is 0 Å². The van der Waals surface area contributed by atoms with Crippen LogP contribution in [-0.4, -0.2) is 53.9 Å². The first kappa shape index (κ1) is 14.4. The molecule has 2 saturated heterocycles. The van der Waals surface area contributed by atoms with Crippen LogP contribution in [0.2, 0.25) is 0 Å². The number of hydrogen-bond acceptors (Lipinski definition) is 8. The smallest absolute Gasteiger partial charge is 0.193 e. The molecule has 3 heterocycles.